The van der Waals surface area contributed by atoms with E-state index in [0.29, 0.717) is 0 Å². The van der Waals surface area contributed by atoms with Gasteiger partial charge in [0.05, 0.1) is 18.8 Å². The second kappa shape index (κ2) is 8.27. The van der Waals surface area contributed by atoms with E-state index in [-0.39, 0.29) is 0 Å². The lowest BCUT2D eigenvalue weighted by atomic mass is 10.1. The van der Waals surface area contributed by atoms with Crippen LogP contribution in [-0.4, -0.2) is 36.6 Å². The van der Waals surface area contributed by atoms with E-state index in [0.717, 1.165) is 44.8 Å². The van der Waals surface area contributed by atoms with Gasteiger partial charge >= 0.3 is 0 Å². The minimum absolute atomic E-state index is 0.757. The van der Waals surface area contributed by atoms with Crippen molar-refractivity contribution in [2.75, 3.05) is 26.8 Å². The minimum Gasteiger partial charge on any atom is -0.380 e. The largest absolute Gasteiger partial charge is 0.380 e. The molecule has 1 aromatic rings. The molecule has 1 heterocycles. The molecule has 1 aromatic heterocycles. The predicted molar refractivity (Wildman–Crippen MR) is 75.1 cm³/mol. The van der Waals surface area contributed by atoms with E-state index in [2.05, 4.69) is 35.9 Å². The molecule has 0 aliphatic carbocycles. The molecule has 18 heavy (non-hydrogen) atoms. The fourth-order valence-electron chi connectivity index (χ4n) is 2.06. The van der Waals surface area contributed by atoms with Crippen molar-refractivity contribution in [3.63, 3.8) is 0 Å². The molecule has 4 nitrogen and oxygen atoms in total. The summed E-state index contributed by atoms with van der Waals surface area (Å²) in [6.45, 7) is 9.90. The van der Waals surface area contributed by atoms with Crippen molar-refractivity contribution in [2.24, 2.45) is 0 Å². The highest BCUT2D eigenvalue weighted by Crippen LogP contribution is 2.13. The first kappa shape index (κ1) is 15.2. The van der Waals surface area contributed by atoms with Crippen molar-refractivity contribution in [3.05, 3.63) is 17.0 Å². The maximum absolute atomic E-state index is 5.59. The Morgan fingerprint density at radius 2 is 2.06 bits per heavy atom. The van der Waals surface area contributed by atoms with E-state index < -0.39 is 0 Å². The van der Waals surface area contributed by atoms with Crippen LogP contribution in [0.25, 0.3) is 0 Å². The number of aryl methyl sites for hydroxylation is 1. The quantitative estimate of drug-likeness (QED) is 0.685. The summed E-state index contributed by atoms with van der Waals surface area (Å²) in [4.78, 5) is 0. The van der Waals surface area contributed by atoms with Gasteiger partial charge in [0.25, 0.3) is 0 Å². The number of aromatic nitrogens is 2. The minimum atomic E-state index is 0.757. The second-order valence-corrected chi connectivity index (χ2v) is 4.69. The maximum atomic E-state index is 5.59. The third-order valence-electron chi connectivity index (χ3n) is 3.25. The van der Waals surface area contributed by atoms with Crippen LogP contribution in [0.1, 0.15) is 36.7 Å². The van der Waals surface area contributed by atoms with Crippen molar-refractivity contribution in [3.8, 4) is 0 Å². The Kier molecular flexibility index (Phi) is 6.98. The molecular formula is C14H27N3O. The topological polar surface area (TPSA) is 39.1 Å². The normalized spacial score (nSPS) is 11.1. The first-order valence-corrected chi connectivity index (χ1v) is 6.96. The smallest absolute Gasteiger partial charge is 0.0662 e. The van der Waals surface area contributed by atoms with E-state index in [9.17, 15) is 0 Å². The molecule has 1 rings (SSSR count). The third kappa shape index (κ3) is 4.42. The van der Waals surface area contributed by atoms with Crippen molar-refractivity contribution in [1.29, 1.82) is 0 Å². The average Bonchev–Trinajstić information content (AvgIpc) is 2.62. The predicted octanol–water partition coefficient (Wildman–Crippen LogP) is 2.08. The lowest BCUT2D eigenvalue weighted by molar-refractivity contribution is 0.120. The first-order chi connectivity index (χ1) is 8.70. The number of unbranched alkanes of at least 4 members (excludes halogenated alkanes) is 1. The lowest BCUT2D eigenvalue weighted by Gasteiger charge is -2.06. The Labute approximate surface area is 111 Å². The Balaban J connectivity index is 2.46. The summed E-state index contributed by atoms with van der Waals surface area (Å²) >= 11 is 0. The molecular weight excluding hydrogens is 226 g/mol. The summed E-state index contributed by atoms with van der Waals surface area (Å²) in [5.41, 5.74) is 3.80. The molecule has 0 aliphatic rings. The number of nitrogens with one attached hydrogen (secondary N) is 1. The summed E-state index contributed by atoms with van der Waals surface area (Å²) in [7, 11) is 1.98. The average molecular weight is 253 g/mol. The highest BCUT2D eigenvalue weighted by Gasteiger charge is 2.10. The molecule has 0 unspecified atom stereocenters. The van der Waals surface area contributed by atoms with E-state index in [4.69, 9.17) is 4.74 Å². The molecule has 0 amide bonds. The summed E-state index contributed by atoms with van der Waals surface area (Å²) in [6, 6.07) is 0. The summed E-state index contributed by atoms with van der Waals surface area (Å²) in [5.74, 6) is 0. The van der Waals surface area contributed by atoms with Gasteiger partial charge in [0.2, 0.25) is 0 Å². The van der Waals surface area contributed by atoms with Crippen LogP contribution < -0.4 is 5.32 Å². The number of nitrogens with zero attached hydrogens (tertiary/aromatic N) is 2. The van der Waals surface area contributed by atoms with Gasteiger partial charge in [0.15, 0.2) is 0 Å². The first-order valence-electron chi connectivity index (χ1n) is 6.96. The molecule has 0 fully saturated rings. The van der Waals surface area contributed by atoms with E-state index in [1.54, 1.807) is 0 Å². The van der Waals surface area contributed by atoms with E-state index >= 15 is 0 Å². The van der Waals surface area contributed by atoms with Gasteiger partial charge in [0.1, 0.15) is 0 Å². The Morgan fingerprint density at radius 1 is 1.28 bits per heavy atom. The fourth-order valence-corrected chi connectivity index (χ4v) is 2.06. The van der Waals surface area contributed by atoms with Crippen LogP contribution in [0.5, 0.6) is 0 Å². The Morgan fingerprint density at radius 3 is 2.72 bits per heavy atom. The molecule has 0 aromatic carbocycles. The van der Waals surface area contributed by atoms with Gasteiger partial charge < -0.3 is 10.1 Å². The number of hydrogen-bond acceptors (Lipinski definition) is 3. The van der Waals surface area contributed by atoms with Gasteiger partial charge in [-0.1, -0.05) is 13.3 Å². The Bertz CT molecular complexity index is 347. The van der Waals surface area contributed by atoms with Gasteiger partial charge in [-0.3, -0.25) is 4.68 Å². The zero-order valence-electron chi connectivity index (χ0n) is 12.3. The second-order valence-electron chi connectivity index (χ2n) is 4.69. The molecule has 0 aliphatic heterocycles. The molecule has 0 radical (unpaired) electrons. The van der Waals surface area contributed by atoms with Crippen LogP contribution in [0.3, 0.4) is 0 Å². The molecule has 0 saturated carbocycles. The van der Waals surface area contributed by atoms with Gasteiger partial charge in [0, 0.05) is 12.3 Å². The van der Waals surface area contributed by atoms with Crippen LogP contribution in [-0.2, 0) is 17.7 Å². The van der Waals surface area contributed by atoms with Crippen LogP contribution in [0.4, 0.5) is 0 Å². The summed E-state index contributed by atoms with van der Waals surface area (Å²) in [5, 5.41) is 7.77. The fraction of sp³-hybridized carbons (Fsp3) is 0.786. The zero-order valence-corrected chi connectivity index (χ0v) is 12.3. The van der Waals surface area contributed by atoms with E-state index in [1.807, 2.05) is 7.05 Å². The monoisotopic (exact) mass is 253 g/mol. The van der Waals surface area contributed by atoms with Crippen LogP contribution >= 0.6 is 0 Å². The number of likely N-dealkylation sites (N-methyl/N-ethyl adjacent to an activating group) is 1. The molecule has 0 spiro atoms. The Hall–Kier alpha value is -0.870. The number of rotatable bonds is 9. The van der Waals surface area contributed by atoms with Gasteiger partial charge in [-0.15, -0.1) is 0 Å². The van der Waals surface area contributed by atoms with Crippen molar-refractivity contribution in [2.45, 2.75) is 46.6 Å². The van der Waals surface area contributed by atoms with Crippen molar-refractivity contribution >= 4 is 0 Å². The SMILES string of the molecule is CCCCOCCn1nc(C)c(CCNC)c1C. The highest BCUT2D eigenvalue weighted by atomic mass is 16.5. The number of hydrogen-bond donors (Lipinski definition) is 1. The summed E-state index contributed by atoms with van der Waals surface area (Å²) in [6.07, 6.45) is 3.38. The standard InChI is InChI=1S/C14H27N3O/c1-5-6-10-18-11-9-17-13(3)14(7-8-15-4)12(2)16-17/h15H,5-11H2,1-4H3. The summed E-state index contributed by atoms with van der Waals surface area (Å²) < 4.78 is 7.67. The number of ether oxygens (including phenoxy) is 1. The molecule has 0 saturated heterocycles. The molecule has 104 valence electrons. The van der Waals surface area contributed by atoms with E-state index in [1.165, 1.54) is 17.7 Å². The highest BCUT2D eigenvalue weighted by molar-refractivity contribution is 5.24. The molecule has 0 bridgehead atoms. The van der Waals surface area contributed by atoms with Crippen molar-refractivity contribution in [1.82, 2.24) is 15.1 Å². The van der Waals surface area contributed by atoms with Gasteiger partial charge in [-0.2, -0.15) is 5.10 Å². The van der Waals surface area contributed by atoms with Crippen LogP contribution in [0.15, 0.2) is 0 Å². The third-order valence-corrected chi connectivity index (χ3v) is 3.25. The maximum Gasteiger partial charge on any atom is 0.0662 e. The zero-order chi connectivity index (χ0) is 13.4. The van der Waals surface area contributed by atoms with Crippen LogP contribution in [0.2, 0.25) is 0 Å². The lowest BCUT2D eigenvalue weighted by Crippen LogP contribution is -2.12. The van der Waals surface area contributed by atoms with Gasteiger partial charge in [-0.05, 0) is 45.8 Å². The molecule has 4 heteroatoms. The van der Waals surface area contributed by atoms with Crippen LogP contribution in [0, 0.1) is 13.8 Å². The molecule has 0 atom stereocenters. The van der Waals surface area contributed by atoms with Crippen molar-refractivity contribution < 1.29 is 4.74 Å². The molecule has 1 N–H and O–H groups in total. The van der Waals surface area contributed by atoms with Gasteiger partial charge in [-0.25, -0.2) is 0 Å².